The molecule has 0 bridgehead atoms. The van der Waals surface area contributed by atoms with Gasteiger partial charge in [0.15, 0.2) is 0 Å². The summed E-state index contributed by atoms with van der Waals surface area (Å²) in [5.41, 5.74) is 2.25. The van der Waals surface area contributed by atoms with Crippen LogP contribution in [-0.2, 0) is 17.6 Å². The maximum absolute atomic E-state index is 13.3. The van der Waals surface area contributed by atoms with Crippen molar-refractivity contribution in [3.05, 3.63) is 87.3 Å². The minimum absolute atomic E-state index is 0.192. The van der Waals surface area contributed by atoms with Gasteiger partial charge in [-0.05, 0) is 36.6 Å². The molecule has 0 fully saturated rings. The van der Waals surface area contributed by atoms with Gasteiger partial charge < -0.3 is 15.5 Å². The summed E-state index contributed by atoms with van der Waals surface area (Å²) in [5.74, 6) is -1.69. The molecular weight excluding hydrogens is 366 g/mol. The second-order valence-corrected chi connectivity index (χ2v) is 7.91. The van der Waals surface area contributed by atoms with Crippen LogP contribution in [0.25, 0.3) is 0 Å². The number of hydrogen-bond acceptors (Lipinski definition) is 3. The Morgan fingerprint density at radius 3 is 2.48 bits per heavy atom. The number of fused-ring (bicyclic) bond motifs is 1. The third-order valence-electron chi connectivity index (χ3n) is 5.82. The van der Waals surface area contributed by atoms with Crippen LogP contribution in [0.2, 0.25) is 0 Å². The van der Waals surface area contributed by atoms with Crippen molar-refractivity contribution in [3.63, 3.8) is 0 Å². The molecule has 4 N–H and O–H groups in total. The van der Waals surface area contributed by atoms with Gasteiger partial charge in [-0.2, -0.15) is 0 Å². The molecule has 0 saturated carbocycles. The van der Waals surface area contributed by atoms with Gasteiger partial charge in [0.25, 0.3) is 5.56 Å². The van der Waals surface area contributed by atoms with Gasteiger partial charge in [0, 0.05) is 29.3 Å². The fourth-order valence-corrected chi connectivity index (χ4v) is 4.36. The van der Waals surface area contributed by atoms with E-state index in [-0.39, 0.29) is 17.9 Å². The Balaban J connectivity index is 1.81. The number of benzene rings is 2. The van der Waals surface area contributed by atoms with E-state index in [1.54, 1.807) is 19.1 Å². The molecule has 2 aromatic carbocycles. The molecule has 0 unspecified atom stereocenters. The standard InChI is InChI=1S/C23H25N3O3/c1-3-14-9-11-15(12-10-14)18-19-17(25-26-21(19)27)13-23(2,29)20(18)22(28)24-16-7-5-4-6-8-16/h4-12,18,20,29H,3,13H2,1-2H3,(H,24,28)(H2,25,26,27)/t18-,20+,23+/m1/s1. The Morgan fingerprint density at radius 2 is 1.83 bits per heavy atom. The summed E-state index contributed by atoms with van der Waals surface area (Å²) in [5, 5.41) is 19.7. The number of nitrogens with one attached hydrogen (secondary N) is 3. The minimum atomic E-state index is -1.33. The van der Waals surface area contributed by atoms with Crippen molar-refractivity contribution < 1.29 is 9.90 Å². The van der Waals surface area contributed by atoms with Crippen LogP contribution in [-0.4, -0.2) is 26.8 Å². The summed E-state index contributed by atoms with van der Waals surface area (Å²) in [7, 11) is 0. The summed E-state index contributed by atoms with van der Waals surface area (Å²) in [6.07, 6.45) is 1.09. The zero-order valence-corrected chi connectivity index (χ0v) is 16.5. The molecule has 0 saturated heterocycles. The van der Waals surface area contributed by atoms with Crippen molar-refractivity contribution in [2.24, 2.45) is 5.92 Å². The van der Waals surface area contributed by atoms with Gasteiger partial charge in [0.2, 0.25) is 5.91 Å². The predicted molar refractivity (Wildman–Crippen MR) is 112 cm³/mol. The van der Waals surface area contributed by atoms with Crippen molar-refractivity contribution >= 4 is 11.6 Å². The summed E-state index contributed by atoms with van der Waals surface area (Å²) in [6, 6.07) is 17.1. The number of aromatic nitrogens is 2. The molecule has 6 nitrogen and oxygen atoms in total. The quantitative estimate of drug-likeness (QED) is 0.550. The molecule has 6 heteroatoms. The number of carbonyl (C=O) groups excluding carboxylic acids is 1. The summed E-state index contributed by atoms with van der Waals surface area (Å²) in [4.78, 5) is 25.9. The molecule has 0 radical (unpaired) electrons. The van der Waals surface area contributed by atoms with Crippen molar-refractivity contribution in [1.29, 1.82) is 0 Å². The van der Waals surface area contributed by atoms with Crippen LogP contribution in [0.4, 0.5) is 5.69 Å². The number of carbonyl (C=O) groups is 1. The summed E-state index contributed by atoms with van der Waals surface area (Å²) >= 11 is 0. The third-order valence-corrected chi connectivity index (χ3v) is 5.82. The number of anilines is 1. The highest BCUT2D eigenvalue weighted by Crippen LogP contribution is 2.44. The van der Waals surface area contributed by atoms with Gasteiger partial charge in [0.1, 0.15) is 0 Å². The lowest BCUT2D eigenvalue weighted by atomic mass is 9.66. The number of para-hydroxylation sites is 1. The van der Waals surface area contributed by atoms with E-state index >= 15 is 0 Å². The molecule has 3 atom stereocenters. The number of aryl methyl sites for hydroxylation is 1. The zero-order chi connectivity index (χ0) is 20.6. The first-order chi connectivity index (χ1) is 13.9. The van der Waals surface area contributed by atoms with Gasteiger partial charge in [-0.3, -0.25) is 14.7 Å². The van der Waals surface area contributed by atoms with Crippen LogP contribution in [0.1, 0.15) is 42.1 Å². The minimum Gasteiger partial charge on any atom is -0.389 e. The predicted octanol–water partition coefficient (Wildman–Crippen LogP) is 2.96. The van der Waals surface area contributed by atoms with E-state index in [1.807, 2.05) is 42.5 Å². The lowest BCUT2D eigenvalue weighted by molar-refractivity contribution is -0.130. The molecule has 0 aliphatic heterocycles. The first kappa shape index (κ1) is 19.2. The third kappa shape index (κ3) is 3.51. The van der Waals surface area contributed by atoms with Gasteiger partial charge >= 0.3 is 0 Å². The Hall–Kier alpha value is -3.12. The summed E-state index contributed by atoms with van der Waals surface area (Å²) in [6.45, 7) is 3.73. The lowest BCUT2D eigenvalue weighted by Gasteiger charge is -2.41. The zero-order valence-electron chi connectivity index (χ0n) is 16.5. The number of H-pyrrole nitrogens is 2. The molecular formula is C23H25N3O3. The molecule has 1 amide bonds. The second kappa shape index (κ2) is 7.37. The maximum Gasteiger partial charge on any atom is 0.267 e. The topological polar surface area (TPSA) is 98.0 Å². The number of amides is 1. The van der Waals surface area contributed by atoms with E-state index in [9.17, 15) is 14.7 Å². The summed E-state index contributed by atoms with van der Waals surface area (Å²) < 4.78 is 0. The van der Waals surface area contributed by atoms with E-state index < -0.39 is 17.4 Å². The van der Waals surface area contributed by atoms with Crippen LogP contribution in [0.15, 0.2) is 59.4 Å². The van der Waals surface area contributed by atoms with E-state index in [0.717, 1.165) is 12.0 Å². The monoisotopic (exact) mass is 391 g/mol. The molecule has 1 heterocycles. The van der Waals surface area contributed by atoms with Gasteiger partial charge in [0.05, 0.1) is 11.5 Å². The van der Waals surface area contributed by atoms with Crippen LogP contribution >= 0.6 is 0 Å². The van der Waals surface area contributed by atoms with Gasteiger partial charge in [-0.15, -0.1) is 0 Å². The Morgan fingerprint density at radius 1 is 1.14 bits per heavy atom. The lowest BCUT2D eigenvalue weighted by Crippen LogP contribution is -2.51. The largest absolute Gasteiger partial charge is 0.389 e. The Labute approximate surface area is 169 Å². The van der Waals surface area contributed by atoms with Crippen LogP contribution < -0.4 is 10.9 Å². The van der Waals surface area contributed by atoms with E-state index in [4.69, 9.17) is 0 Å². The first-order valence-electron chi connectivity index (χ1n) is 9.87. The van der Waals surface area contributed by atoms with E-state index in [2.05, 4.69) is 22.4 Å². The molecule has 29 heavy (non-hydrogen) atoms. The SMILES string of the molecule is CCc1ccc([C@@H]2c3c([nH][nH]c3=O)C[C@](C)(O)[C@@H]2C(=O)Nc2ccccc2)cc1. The average Bonchev–Trinajstić information content (AvgIpc) is 3.06. The van der Waals surface area contributed by atoms with Crippen molar-refractivity contribution in [2.75, 3.05) is 5.32 Å². The normalized spacial score (nSPS) is 23.4. The fourth-order valence-electron chi connectivity index (χ4n) is 4.36. The van der Waals surface area contributed by atoms with E-state index in [0.29, 0.717) is 16.9 Å². The average molecular weight is 391 g/mol. The smallest absolute Gasteiger partial charge is 0.267 e. The highest BCUT2D eigenvalue weighted by molar-refractivity contribution is 5.94. The fraction of sp³-hybridized carbons (Fsp3) is 0.304. The molecule has 1 aromatic heterocycles. The van der Waals surface area contributed by atoms with E-state index in [1.165, 1.54) is 5.56 Å². The highest BCUT2D eigenvalue weighted by atomic mass is 16.3. The number of aliphatic hydroxyl groups is 1. The first-order valence-corrected chi connectivity index (χ1v) is 9.87. The van der Waals surface area contributed by atoms with Crippen molar-refractivity contribution in [3.8, 4) is 0 Å². The van der Waals surface area contributed by atoms with Crippen LogP contribution in [0.3, 0.4) is 0 Å². The molecule has 150 valence electrons. The molecule has 0 spiro atoms. The molecule has 3 aromatic rings. The van der Waals surface area contributed by atoms with Gasteiger partial charge in [-0.25, -0.2) is 0 Å². The number of hydrogen-bond donors (Lipinski definition) is 4. The molecule has 4 rings (SSSR count). The molecule has 1 aliphatic rings. The second-order valence-electron chi connectivity index (χ2n) is 7.91. The number of rotatable bonds is 4. The van der Waals surface area contributed by atoms with Crippen molar-refractivity contribution in [2.45, 2.75) is 38.2 Å². The Kier molecular flexibility index (Phi) is 4.88. The Bertz CT molecular complexity index is 1060. The maximum atomic E-state index is 13.3. The van der Waals surface area contributed by atoms with Crippen molar-refractivity contribution in [1.82, 2.24) is 10.2 Å². The van der Waals surface area contributed by atoms with Gasteiger partial charge in [-0.1, -0.05) is 49.4 Å². The van der Waals surface area contributed by atoms with Crippen LogP contribution in [0, 0.1) is 5.92 Å². The number of aromatic amines is 2. The molecule has 1 aliphatic carbocycles. The highest BCUT2D eigenvalue weighted by Gasteiger charge is 2.50. The van der Waals surface area contributed by atoms with Crippen LogP contribution in [0.5, 0.6) is 0 Å².